The summed E-state index contributed by atoms with van der Waals surface area (Å²) >= 11 is 1.79. The molecular weight excluding hydrogens is 252 g/mol. The third-order valence-corrected chi connectivity index (χ3v) is 4.36. The summed E-state index contributed by atoms with van der Waals surface area (Å²) in [6.07, 6.45) is 5.57. The molecule has 0 saturated carbocycles. The molecule has 0 atom stereocenters. The topological polar surface area (TPSA) is 25.8 Å². The Morgan fingerprint density at radius 2 is 1.68 bits per heavy atom. The minimum atomic E-state index is 0.999. The number of aromatic nitrogens is 2. The van der Waals surface area contributed by atoms with Gasteiger partial charge in [-0.15, -0.1) is 11.3 Å². The van der Waals surface area contributed by atoms with E-state index in [0.29, 0.717) is 0 Å². The van der Waals surface area contributed by atoms with E-state index in [4.69, 9.17) is 0 Å². The van der Waals surface area contributed by atoms with Crippen LogP contribution in [0.5, 0.6) is 0 Å². The Morgan fingerprint density at radius 3 is 2.58 bits per heavy atom. The zero-order valence-electron chi connectivity index (χ0n) is 10.1. The van der Waals surface area contributed by atoms with Crippen molar-refractivity contribution in [2.24, 2.45) is 0 Å². The van der Waals surface area contributed by atoms with Crippen molar-refractivity contribution in [3.05, 3.63) is 61.1 Å². The smallest absolute Gasteiger partial charge is 0.0710 e. The lowest BCUT2D eigenvalue weighted by atomic mass is 10.1. The van der Waals surface area contributed by atoms with Gasteiger partial charge >= 0.3 is 0 Å². The second-order valence-electron chi connectivity index (χ2n) is 4.40. The molecule has 4 rings (SSSR count). The average molecular weight is 262 g/mol. The van der Waals surface area contributed by atoms with Crippen LogP contribution in [0, 0.1) is 0 Å². The predicted molar refractivity (Wildman–Crippen MR) is 80.4 cm³/mol. The highest BCUT2D eigenvalue weighted by Crippen LogP contribution is 2.34. The van der Waals surface area contributed by atoms with Crippen molar-refractivity contribution in [1.29, 1.82) is 0 Å². The van der Waals surface area contributed by atoms with E-state index < -0.39 is 0 Å². The number of hydrogen-bond acceptors (Lipinski definition) is 3. The highest BCUT2D eigenvalue weighted by Gasteiger charge is 2.07. The number of thiophene rings is 1. The second-order valence-corrected chi connectivity index (χ2v) is 5.48. The largest absolute Gasteiger partial charge is 0.265 e. The molecule has 1 aromatic carbocycles. The minimum Gasteiger partial charge on any atom is -0.265 e. The van der Waals surface area contributed by atoms with Crippen molar-refractivity contribution in [1.82, 2.24) is 9.97 Å². The van der Waals surface area contributed by atoms with Crippen molar-refractivity contribution in [3.63, 3.8) is 0 Å². The summed E-state index contributed by atoms with van der Waals surface area (Å²) < 4.78 is 2.55. The monoisotopic (exact) mass is 262 g/mol. The summed E-state index contributed by atoms with van der Waals surface area (Å²) in [5.74, 6) is 0. The summed E-state index contributed by atoms with van der Waals surface area (Å²) in [7, 11) is 0. The van der Waals surface area contributed by atoms with Crippen LogP contribution in [0.15, 0.2) is 61.1 Å². The minimum absolute atomic E-state index is 0.999. The molecule has 0 fully saturated rings. The van der Waals surface area contributed by atoms with Crippen molar-refractivity contribution in [3.8, 4) is 11.3 Å². The molecule has 0 N–H and O–H groups in total. The molecule has 19 heavy (non-hydrogen) atoms. The van der Waals surface area contributed by atoms with E-state index >= 15 is 0 Å². The van der Waals surface area contributed by atoms with Gasteiger partial charge in [0.1, 0.15) is 0 Å². The molecule has 0 amide bonds. The van der Waals surface area contributed by atoms with E-state index in [-0.39, 0.29) is 0 Å². The first-order chi connectivity index (χ1) is 9.42. The van der Waals surface area contributed by atoms with Gasteiger partial charge in [0.25, 0.3) is 0 Å². The summed E-state index contributed by atoms with van der Waals surface area (Å²) in [5.41, 5.74) is 2.10. The zero-order chi connectivity index (χ0) is 12.7. The first-order valence-electron chi connectivity index (χ1n) is 6.09. The fourth-order valence-corrected chi connectivity index (χ4v) is 3.37. The van der Waals surface area contributed by atoms with E-state index in [9.17, 15) is 0 Å². The number of nitrogens with zero attached hydrogens (tertiary/aromatic N) is 2. The maximum absolute atomic E-state index is 4.56. The lowest BCUT2D eigenvalue weighted by Gasteiger charge is -2.00. The molecule has 0 spiro atoms. The first-order valence-corrected chi connectivity index (χ1v) is 6.91. The summed E-state index contributed by atoms with van der Waals surface area (Å²) in [4.78, 5) is 8.60. The van der Waals surface area contributed by atoms with Crippen molar-refractivity contribution in [2.45, 2.75) is 0 Å². The Kier molecular flexibility index (Phi) is 2.32. The molecule has 0 bridgehead atoms. The maximum atomic E-state index is 4.56. The quantitative estimate of drug-likeness (QED) is 0.504. The van der Waals surface area contributed by atoms with Crippen LogP contribution in [-0.2, 0) is 0 Å². The molecular formula is C16H10N2S. The SMILES string of the molecule is c1ccc2c(c1)sc1cnc(-c3ccncc3)cc12. The predicted octanol–water partition coefficient (Wildman–Crippen LogP) is 4.51. The van der Waals surface area contributed by atoms with Gasteiger partial charge in [-0.1, -0.05) is 18.2 Å². The lowest BCUT2D eigenvalue weighted by Crippen LogP contribution is -1.82. The van der Waals surface area contributed by atoms with Gasteiger partial charge in [-0.2, -0.15) is 0 Å². The van der Waals surface area contributed by atoms with Crippen molar-refractivity contribution >= 4 is 31.5 Å². The van der Waals surface area contributed by atoms with Gasteiger partial charge in [-0.3, -0.25) is 9.97 Å². The lowest BCUT2D eigenvalue weighted by molar-refractivity contribution is 1.30. The number of fused-ring (bicyclic) bond motifs is 3. The van der Waals surface area contributed by atoms with E-state index in [0.717, 1.165) is 11.3 Å². The Labute approximate surface area is 114 Å². The van der Waals surface area contributed by atoms with Gasteiger partial charge in [0, 0.05) is 39.6 Å². The van der Waals surface area contributed by atoms with Gasteiger partial charge in [0.15, 0.2) is 0 Å². The van der Waals surface area contributed by atoms with Crippen molar-refractivity contribution in [2.75, 3.05) is 0 Å². The summed E-state index contributed by atoms with van der Waals surface area (Å²) in [6, 6.07) is 14.6. The molecule has 0 aliphatic heterocycles. The fraction of sp³-hybridized carbons (Fsp3) is 0. The summed E-state index contributed by atoms with van der Waals surface area (Å²) in [6.45, 7) is 0. The maximum Gasteiger partial charge on any atom is 0.0710 e. The molecule has 3 aromatic heterocycles. The van der Waals surface area contributed by atoms with Gasteiger partial charge in [-0.05, 0) is 24.3 Å². The molecule has 0 radical (unpaired) electrons. The molecule has 4 aromatic rings. The third-order valence-electron chi connectivity index (χ3n) is 3.24. The number of rotatable bonds is 1. The Morgan fingerprint density at radius 1 is 0.842 bits per heavy atom. The molecule has 2 nitrogen and oxygen atoms in total. The van der Waals surface area contributed by atoms with E-state index in [1.807, 2.05) is 18.3 Å². The summed E-state index contributed by atoms with van der Waals surface area (Å²) in [5, 5.41) is 2.59. The normalized spacial score (nSPS) is 11.2. The van der Waals surface area contributed by atoms with Crippen LogP contribution in [0.4, 0.5) is 0 Å². The van der Waals surface area contributed by atoms with E-state index in [1.54, 1.807) is 23.7 Å². The van der Waals surface area contributed by atoms with Crippen LogP contribution in [-0.4, -0.2) is 9.97 Å². The van der Waals surface area contributed by atoms with Gasteiger partial charge in [0.05, 0.1) is 10.4 Å². The second kappa shape index (κ2) is 4.14. The highest BCUT2D eigenvalue weighted by atomic mass is 32.1. The van der Waals surface area contributed by atoms with Crippen LogP contribution in [0.1, 0.15) is 0 Å². The average Bonchev–Trinajstić information content (AvgIpc) is 2.86. The van der Waals surface area contributed by atoms with Gasteiger partial charge in [0.2, 0.25) is 0 Å². The van der Waals surface area contributed by atoms with Gasteiger partial charge < -0.3 is 0 Å². The van der Waals surface area contributed by atoms with Gasteiger partial charge in [-0.25, -0.2) is 0 Å². The number of pyridine rings is 2. The van der Waals surface area contributed by atoms with Crippen LogP contribution in [0.3, 0.4) is 0 Å². The molecule has 0 aliphatic carbocycles. The molecule has 3 heterocycles. The van der Waals surface area contributed by atoms with Crippen LogP contribution < -0.4 is 0 Å². The van der Waals surface area contributed by atoms with E-state index in [2.05, 4.69) is 40.3 Å². The number of benzene rings is 1. The molecule has 3 heteroatoms. The molecule has 0 unspecified atom stereocenters. The van der Waals surface area contributed by atoms with Crippen LogP contribution in [0.2, 0.25) is 0 Å². The zero-order valence-corrected chi connectivity index (χ0v) is 10.9. The van der Waals surface area contributed by atoms with Crippen LogP contribution >= 0.6 is 11.3 Å². The van der Waals surface area contributed by atoms with Crippen molar-refractivity contribution < 1.29 is 0 Å². The fourth-order valence-electron chi connectivity index (χ4n) is 2.31. The molecule has 0 saturated heterocycles. The first kappa shape index (κ1) is 10.6. The van der Waals surface area contributed by atoms with Crippen LogP contribution in [0.25, 0.3) is 31.4 Å². The highest BCUT2D eigenvalue weighted by molar-refractivity contribution is 7.25. The standard InChI is InChI=1S/C16H10N2S/c1-2-4-15-12(3-1)13-9-14(18-10-16(13)19-15)11-5-7-17-8-6-11/h1-10H. The Hall–Kier alpha value is -2.26. The third kappa shape index (κ3) is 1.71. The number of hydrogen-bond donors (Lipinski definition) is 0. The Bertz CT molecular complexity index is 866. The molecule has 90 valence electrons. The molecule has 0 aliphatic rings. The van der Waals surface area contributed by atoms with E-state index in [1.165, 1.54) is 20.2 Å². The Balaban J connectivity index is 2.03.